The van der Waals surface area contributed by atoms with Gasteiger partial charge in [-0.25, -0.2) is 0 Å². The fourth-order valence-electron chi connectivity index (χ4n) is 1.96. The molecule has 0 amide bonds. The maximum atomic E-state index is 12.8. The van der Waals surface area contributed by atoms with Gasteiger partial charge in [-0.05, 0) is 42.3 Å². The minimum absolute atomic E-state index is 0.0101. The molecule has 0 atom stereocenters. The van der Waals surface area contributed by atoms with Crippen molar-refractivity contribution in [1.82, 2.24) is 0 Å². The molecule has 0 unspecified atom stereocenters. The number of Topliss-reactive ketones (excluding diaryl/α,β-unsaturated/α-hetero) is 1. The van der Waals surface area contributed by atoms with Crippen LogP contribution in [-0.2, 0) is 6.18 Å². The summed E-state index contributed by atoms with van der Waals surface area (Å²) in [6.07, 6.45) is -4.36. The van der Waals surface area contributed by atoms with Crippen LogP contribution in [0.25, 0.3) is 10.4 Å². The molecule has 0 spiro atoms. The Balaban J connectivity index is 2.45. The van der Waals surface area contributed by atoms with Gasteiger partial charge in [0.15, 0.2) is 5.78 Å². The zero-order valence-corrected chi connectivity index (χ0v) is 12.7. The normalized spacial score (nSPS) is 12.0. The lowest BCUT2D eigenvalue weighted by Crippen LogP contribution is -2.05. The molecule has 21 heavy (non-hydrogen) atoms. The second-order valence-electron chi connectivity index (χ2n) is 5.21. The Morgan fingerprint density at radius 3 is 2.38 bits per heavy atom. The van der Waals surface area contributed by atoms with E-state index in [1.165, 1.54) is 17.4 Å². The van der Waals surface area contributed by atoms with Crippen LogP contribution in [0.2, 0.25) is 0 Å². The van der Waals surface area contributed by atoms with Gasteiger partial charge in [0.2, 0.25) is 0 Å². The number of carbonyl (C=O) groups is 1. The smallest absolute Gasteiger partial charge is 0.293 e. The molecule has 0 N–H and O–H groups in total. The standard InChI is InChI=1S/C16H15F3OS/c1-9(2)15(20)14-7-6-13(21-14)12-8-11(16(17,18)19)5-4-10(12)3/h4-9H,1-3H3. The Bertz CT molecular complexity index is 668. The molecule has 0 aliphatic carbocycles. The third-order valence-electron chi connectivity index (χ3n) is 3.20. The van der Waals surface area contributed by atoms with E-state index in [0.717, 1.165) is 17.7 Å². The SMILES string of the molecule is Cc1ccc(C(F)(F)F)cc1-c1ccc(C(=O)C(C)C)s1. The van der Waals surface area contributed by atoms with Crippen molar-refractivity contribution in [2.45, 2.75) is 26.9 Å². The summed E-state index contributed by atoms with van der Waals surface area (Å²) in [5.41, 5.74) is 0.610. The van der Waals surface area contributed by atoms with Crippen LogP contribution in [0.1, 0.15) is 34.6 Å². The first-order valence-electron chi connectivity index (χ1n) is 6.52. The lowest BCUT2D eigenvalue weighted by molar-refractivity contribution is -0.137. The molecule has 2 rings (SSSR count). The number of rotatable bonds is 3. The van der Waals surface area contributed by atoms with Crippen molar-refractivity contribution < 1.29 is 18.0 Å². The van der Waals surface area contributed by atoms with Crippen molar-refractivity contribution in [3.05, 3.63) is 46.3 Å². The van der Waals surface area contributed by atoms with E-state index in [4.69, 9.17) is 0 Å². The first-order chi connectivity index (χ1) is 9.70. The molecule has 0 saturated carbocycles. The third kappa shape index (κ3) is 3.35. The molecule has 0 fully saturated rings. The molecule has 0 aliphatic rings. The predicted molar refractivity (Wildman–Crippen MR) is 78.7 cm³/mol. The second-order valence-corrected chi connectivity index (χ2v) is 6.29. The largest absolute Gasteiger partial charge is 0.416 e. The molecule has 112 valence electrons. The molecule has 0 saturated heterocycles. The van der Waals surface area contributed by atoms with Crippen LogP contribution < -0.4 is 0 Å². The van der Waals surface area contributed by atoms with Crippen LogP contribution >= 0.6 is 11.3 Å². The number of hydrogen-bond donors (Lipinski definition) is 0. The highest BCUT2D eigenvalue weighted by molar-refractivity contribution is 7.17. The Hall–Kier alpha value is -1.62. The lowest BCUT2D eigenvalue weighted by atomic mass is 10.0. The molecule has 0 bridgehead atoms. The van der Waals surface area contributed by atoms with Gasteiger partial charge in [0.25, 0.3) is 0 Å². The third-order valence-corrected chi connectivity index (χ3v) is 4.34. The van der Waals surface area contributed by atoms with Gasteiger partial charge in [-0.1, -0.05) is 19.9 Å². The van der Waals surface area contributed by atoms with Crippen molar-refractivity contribution >= 4 is 17.1 Å². The van der Waals surface area contributed by atoms with Crippen LogP contribution in [0.3, 0.4) is 0 Å². The summed E-state index contributed by atoms with van der Waals surface area (Å²) >= 11 is 1.24. The van der Waals surface area contributed by atoms with E-state index in [1.807, 2.05) is 0 Å². The van der Waals surface area contributed by atoms with E-state index in [2.05, 4.69) is 0 Å². The number of aryl methyl sites for hydroxylation is 1. The summed E-state index contributed by atoms with van der Waals surface area (Å²) in [6.45, 7) is 5.37. The zero-order valence-electron chi connectivity index (χ0n) is 11.9. The Kier molecular flexibility index (Phi) is 4.23. The number of ketones is 1. The molecule has 5 heteroatoms. The first-order valence-corrected chi connectivity index (χ1v) is 7.34. The van der Waals surface area contributed by atoms with Crippen LogP contribution in [0.4, 0.5) is 13.2 Å². The van der Waals surface area contributed by atoms with E-state index >= 15 is 0 Å². The van der Waals surface area contributed by atoms with Gasteiger partial charge in [-0.15, -0.1) is 11.3 Å². The van der Waals surface area contributed by atoms with Crippen LogP contribution in [0, 0.1) is 12.8 Å². The lowest BCUT2D eigenvalue weighted by Gasteiger charge is -2.10. The summed E-state index contributed by atoms with van der Waals surface area (Å²) in [5.74, 6) is -0.116. The van der Waals surface area contributed by atoms with Gasteiger partial charge in [0, 0.05) is 10.8 Å². The van der Waals surface area contributed by atoms with Crippen molar-refractivity contribution in [3.63, 3.8) is 0 Å². The van der Waals surface area contributed by atoms with E-state index in [9.17, 15) is 18.0 Å². The molecule has 1 heterocycles. The Morgan fingerprint density at radius 1 is 1.14 bits per heavy atom. The average Bonchev–Trinajstić information content (AvgIpc) is 2.86. The molecule has 1 nitrogen and oxygen atoms in total. The maximum absolute atomic E-state index is 12.8. The minimum atomic E-state index is -4.36. The van der Waals surface area contributed by atoms with Crippen molar-refractivity contribution in [2.75, 3.05) is 0 Å². The second kappa shape index (κ2) is 5.64. The highest BCUT2D eigenvalue weighted by Gasteiger charge is 2.31. The number of hydrogen-bond acceptors (Lipinski definition) is 2. The van der Waals surface area contributed by atoms with E-state index in [0.29, 0.717) is 15.3 Å². The van der Waals surface area contributed by atoms with Crippen molar-refractivity contribution in [1.29, 1.82) is 0 Å². The van der Waals surface area contributed by atoms with Crippen LogP contribution in [-0.4, -0.2) is 5.78 Å². The van der Waals surface area contributed by atoms with Crippen LogP contribution in [0.15, 0.2) is 30.3 Å². The predicted octanol–water partition coefficient (Wildman–Crippen LogP) is 5.58. The topological polar surface area (TPSA) is 17.1 Å². The fourth-order valence-corrected chi connectivity index (χ4v) is 3.14. The summed E-state index contributed by atoms with van der Waals surface area (Å²) in [7, 11) is 0. The Labute approximate surface area is 125 Å². The molecule has 0 aliphatic heterocycles. The minimum Gasteiger partial charge on any atom is -0.293 e. The van der Waals surface area contributed by atoms with Gasteiger partial charge in [-0.2, -0.15) is 13.2 Å². The quantitative estimate of drug-likeness (QED) is 0.676. The van der Waals surface area contributed by atoms with Crippen molar-refractivity contribution in [3.8, 4) is 10.4 Å². The first kappa shape index (κ1) is 15.8. The van der Waals surface area contributed by atoms with Crippen molar-refractivity contribution in [2.24, 2.45) is 5.92 Å². The molecule has 2 aromatic rings. The number of halogens is 3. The average molecular weight is 312 g/mol. The van der Waals surface area contributed by atoms with Gasteiger partial charge in [0.05, 0.1) is 10.4 Å². The molecule has 1 aromatic heterocycles. The summed E-state index contributed by atoms with van der Waals surface area (Å²) in [5, 5.41) is 0. The van der Waals surface area contributed by atoms with Crippen LogP contribution in [0.5, 0.6) is 0 Å². The molecule has 0 radical (unpaired) electrons. The maximum Gasteiger partial charge on any atom is 0.416 e. The van der Waals surface area contributed by atoms with E-state index in [1.54, 1.807) is 32.9 Å². The zero-order chi connectivity index (χ0) is 15.8. The van der Waals surface area contributed by atoms with E-state index in [-0.39, 0.29) is 11.7 Å². The fraction of sp³-hybridized carbons (Fsp3) is 0.312. The van der Waals surface area contributed by atoms with E-state index < -0.39 is 11.7 Å². The van der Waals surface area contributed by atoms with Gasteiger partial charge in [-0.3, -0.25) is 4.79 Å². The number of carbonyl (C=O) groups excluding carboxylic acids is 1. The Morgan fingerprint density at radius 2 is 1.81 bits per heavy atom. The molecular weight excluding hydrogens is 297 g/mol. The van der Waals surface area contributed by atoms with Gasteiger partial charge >= 0.3 is 6.18 Å². The molecule has 1 aromatic carbocycles. The summed E-state index contributed by atoms with van der Waals surface area (Å²) < 4.78 is 38.4. The van der Waals surface area contributed by atoms with Gasteiger partial charge in [0.1, 0.15) is 0 Å². The number of alkyl halides is 3. The highest BCUT2D eigenvalue weighted by atomic mass is 32.1. The monoisotopic (exact) mass is 312 g/mol. The molecular formula is C16H15F3OS. The number of benzene rings is 1. The summed E-state index contributed by atoms with van der Waals surface area (Å²) in [4.78, 5) is 13.2. The van der Waals surface area contributed by atoms with Gasteiger partial charge < -0.3 is 0 Å². The number of thiophene rings is 1. The summed E-state index contributed by atoms with van der Waals surface area (Å²) in [6, 6.07) is 7.07. The highest BCUT2D eigenvalue weighted by Crippen LogP contribution is 2.36.